The number of rotatable bonds is 4. The number of nitrogens with zero attached hydrogens (tertiary/aromatic N) is 4. The van der Waals surface area contributed by atoms with Gasteiger partial charge in [-0.25, -0.2) is 14.8 Å². The molecule has 2 aromatic rings. The van der Waals surface area contributed by atoms with Gasteiger partial charge in [-0.05, 0) is 44.0 Å². The number of benzene rings is 1. The van der Waals surface area contributed by atoms with Gasteiger partial charge in [0.15, 0.2) is 0 Å². The second-order valence-corrected chi connectivity index (χ2v) is 7.71. The van der Waals surface area contributed by atoms with Gasteiger partial charge in [0.1, 0.15) is 5.82 Å². The fourth-order valence-electron chi connectivity index (χ4n) is 3.44. The molecule has 1 unspecified atom stereocenters. The summed E-state index contributed by atoms with van der Waals surface area (Å²) in [6.07, 6.45) is 2.09. The van der Waals surface area contributed by atoms with E-state index in [2.05, 4.69) is 20.2 Å². The molecule has 1 saturated heterocycles. The summed E-state index contributed by atoms with van der Waals surface area (Å²) < 4.78 is 0. The summed E-state index contributed by atoms with van der Waals surface area (Å²) in [6, 6.07) is 3.52. The molecule has 2 amide bonds. The van der Waals surface area contributed by atoms with Crippen molar-refractivity contribution in [2.45, 2.75) is 33.4 Å². The molecule has 2 N–H and O–H groups in total. The Labute approximate surface area is 174 Å². The molecule has 0 spiro atoms. The topological polar surface area (TPSA) is 98.7 Å². The summed E-state index contributed by atoms with van der Waals surface area (Å²) >= 11 is 6.30. The third-order valence-corrected chi connectivity index (χ3v) is 5.34. The first-order chi connectivity index (χ1) is 13.7. The number of hydrogen-bond donors (Lipinski definition) is 2. The highest BCUT2D eigenvalue weighted by atomic mass is 35.5. The van der Waals surface area contributed by atoms with E-state index in [0.717, 1.165) is 11.1 Å². The number of carbonyl (C=O) groups excluding carboxylic acids is 1. The lowest BCUT2D eigenvalue weighted by atomic mass is 10.0. The minimum absolute atomic E-state index is 0.0820. The van der Waals surface area contributed by atoms with Gasteiger partial charge in [-0.1, -0.05) is 11.6 Å². The Morgan fingerprint density at radius 3 is 2.55 bits per heavy atom. The average molecular weight is 418 g/mol. The molecule has 29 heavy (non-hydrogen) atoms. The number of halogens is 1. The molecule has 8 nitrogen and oxygen atoms in total. The first kappa shape index (κ1) is 21.0. The van der Waals surface area contributed by atoms with Crippen molar-refractivity contribution >= 4 is 29.3 Å². The minimum Gasteiger partial charge on any atom is -0.465 e. The summed E-state index contributed by atoms with van der Waals surface area (Å²) in [4.78, 5) is 35.5. The summed E-state index contributed by atoms with van der Waals surface area (Å²) in [5.41, 5.74) is 2.92. The van der Waals surface area contributed by atoms with Crippen LogP contribution in [0.15, 0.2) is 24.5 Å². The second-order valence-electron chi connectivity index (χ2n) is 7.27. The lowest BCUT2D eigenvalue weighted by Crippen LogP contribution is -2.53. The smallest absolute Gasteiger partial charge is 0.407 e. The third kappa shape index (κ3) is 5.02. The normalized spacial score (nSPS) is 17.2. The SMILES string of the molecule is Cc1ncc(C(=O)Nc2cc(Cl)cc(CN3CCN(C(=O)O)C(C)C3)c2C)cn1. The van der Waals surface area contributed by atoms with Crippen LogP contribution in [0.1, 0.15) is 34.2 Å². The number of amides is 2. The number of carbonyl (C=O) groups is 2. The van der Waals surface area contributed by atoms with E-state index in [9.17, 15) is 14.7 Å². The van der Waals surface area contributed by atoms with Crippen molar-refractivity contribution in [1.29, 1.82) is 0 Å². The van der Waals surface area contributed by atoms with Crippen LogP contribution in [0, 0.1) is 13.8 Å². The van der Waals surface area contributed by atoms with E-state index in [0.29, 0.717) is 48.3 Å². The molecule has 1 aliphatic rings. The first-order valence-electron chi connectivity index (χ1n) is 9.35. The Hall–Kier alpha value is -2.71. The Balaban J connectivity index is 1.74. The van der Waals surface area contributed by atoms with Crippen molar-refractivity contribution in [3.63, 3.8) is 0 Å². The first-order valence-corrected chi connectivity index (χ1v) is 9.73. The highest BCUT2D eigenvalue weighted by molar-refractivity contribution is 6.31. The monoisotopic (exact) mass is 417 g/mol. The van der Waals surface area contributed by atoms with Crippen LogP contribution in [0.4, 0.5) is 10.5 Å². The summed E-state index contributed by atoms with van der Waals surface area (Å²) in [6.45, 7) is 7.97. The van der Waals surface area contributed by atoms with E-state index in [4.69, 9.17) is 11.6 Å². The van der Waals surface area contributed by atoms with Crippen LogP contribution in [0.3, 0.4) is 0 Å². The molecule has 0 radical (unpaired) electrons. The molecular formula is C20H24ClN5O3. The average Bonchev–Trinajstić information content (AvgIpc) is 2.65. The van der Waals surface area contributed by atoms with E-state index in [1.54, 1.807) is 13.0 Å². The van der Waals surface area contributed by atoms with Crippen molar-refractivity contribution in [3.8, 4) is 0 Å². The molecule has 1 fully saturated rings. The standard InChI is InChI=1S/C20H24ClN5O3/c1-12-10-25(4-5-26(12)20(28)29)11-15-6-17(21)7-18(13(15)2)24-19(27)16-8-22-14(3)23-9-16/h6-9,12H,4-5,10-11H2,1-3H3,(H,24,27)(H,28,29). The predicted molar refractivity (Wildman–Crippen MR) is 110 cm³/mol. The third-order valence-electron chi connectivity index (χ3n) is 5.12. The largest absolute Gasteiger partial charge is 0.465 e. The van der Waals surface area contributed by atoms with Gasteiger partial charge >= 0.3 is 6.09 Å². The predicted octanol–water partition coefficient (Wildman–Crippen LogP) is 3.18. The molecule has 0 aliphatic carbocycles. The Bertz CT molecular complexity index is 919. The summed E-state index contributed by atoms with van der Waals surface area (Å²) in [5.74, 6) is 0.296. The van der Waals surface area contributed by atoms with Gasteiger partial charge in [0.05, 0.1) is 5.56 Å². The van der Waals surface area contributed by atoms with Crippen molar-refractivity contribution in [2.24, 2.45) is 0 Å². The zero-order valence-electron chi connectivity index (χ0n) is 16.6. The highest BCUT2D eigenvalue weighted by Gasteiger charge is 2.27. The lowest BCUT2D eigenvalue weighted by Gasteiger charge is -2.38. The second kappa shape index (κ2) is 8.75. The summed E-state index contributed by atoms with van der Waals surface area (Å²) in [5, 5.41) is 12.6. The Morgan fingerprint density at radius 1 is 1.24 bits per heavy atom. The van der Waals surface area contributed by atoms with Crippen molar-refractivity contribution < 1.29 is 14.7 Å². The van der Waals surface area contributed by atoms with Crippen LogP contribution < -0.4 is 5.32 Å². The van der Waals surface area contributed by atoms with Gasteiger partial charge in [0.2, 0.25) is 0 Å². The molecular weight excluding hydrogens is 394 g/mol. The molecule has 1 aromatic carbocycles. The zero-order chi connectivity index (χ0) is 21.1. The van der Waals surface area contributed by atoms with E-state index in [1.807, 2.05) is 19.9 Å². The molecule has 0 saturated carbocycles. The molecule has 1 aromatic heterocycles. The summed E-state index contributed by atoms with van der Waals surface area (Å²) in [7, 11) is 0. The van der Waals surface area contributed by atoms with Gasteiger partial charge in [-0.15, -0.1) is 0 Å². The minimum atomic E-state index is -0.888. The maximum absolute atomic E-state index is 12.5. The van der Waals surface area contributed by atoms with Gasteiger partial charge in [-0.3, -0.25) is 9.69 Å². The molecule has 0 bridgehead atoms. The van der Waals surface area contributed by atoms with Gasteiger partial charge in [0.25, 0.3) is 5.91 Å². The number of carboxylic acid groups (broad SMARTS) is 1. The number of aromatic nitrogens is 2. The number of nitrogens with one attached hydrogen (secondary N) is 1. The van der Waals surface area contributed by atoms with E-state index in [1.165, 1.54) is 17.3 Å². The Morgan fingerprint density at radius 2 is 1.93 bits per heavy atom. The fourth-order valence-corrected chi connectivity index (χ4v) is 3.68. The number of anilines is 1. The van der Waals surface area contributed by atoms with E-state index in [-0.39, 0.29) is 11.9 Å². The molecule has 1 atom stereocenters. The number of hydrogen-bond acceptors (Lipinski definition) is 5. The van der Waals surface area contributed by atoms with Gasteiger partial charge in [0, 0.05) is 55.3 Å². The van der Waals surface area contributed by atoms with E-state index >= 15 is 0 Å². The van der Waals surface area contributed by atoms with Crippen LogP contribution in [-0.2, 0) is 6.54 Å². The zero-order valence-corrected chi connectivity index (χ0v) is 17.4. The van der Waals surface area contributed by atoms with Crippen LogP contribution in [0.5, 0.6) is 0 Å². The number of aryl methyl sites for hydroxylation is 1. The molecule has 3 rings (SSSR count). The lowest BCUT2D eigenvalue weighted by molar-refractivity contribution is 0.0710. The molecule has 2 heterocycles. The van der Waals surface area contributed by atoms with Crippen molar-refractivity contribution in [2.75, 3.05) is 25.0 Å². The van der Waals surface area contributed by atoms with E-state index < -0.39 is 6.09 Å². The van der Waals surface area contributed by atoms with Crippen LogP contribution in [-0.4, -0.2) is 62.6 Å². The van der Waals surface area contributed by atoms with Crippen LogP contribution in [0.2, 0.25) is 5.02 Å². The van der Waals surface area contributed by atoms with Crippen molar-refractivity contribution in [3.05, 3.63) is 52.1 Å². The molecule has 154 valence electrons. The molecule has 1 aliphatic heterocycles. The number of piperazine rings is 1. The van der Waals surface area contributed by atoms with Gasteiger partial charge in [-0.2, -0.15) is 0 Å². The fraction of sp³-hybridized carbons (Fsp3) is 0.400. The van der Waals surface area contributed by atoms with Crippen LogP contribution >= 0.6 is 11.6 Å². The van der Waals surface area contributed by atoms with Gasteiger partial charge < -0.3 is 15.3 Å². The molecule has 9 heteroatoms. The maximum Gasteiger partial charge on any atom is 0.407 e. The maximum atomic E-state index is 12.5. The quantitative estimate of drug-likeness (QED) is 0.792. The highest BCUT2D eigenvalue weighted by Crippen LogP contribution is 2.27. The Kier molecular flexibility index (Phi) is 6.34. The van der Waals surface area contributed by atoms with Crippen LogP contribution in [0.25, 0.3) is 0 Å². The van der Waals surface area contributed by atoms with Crippen molar-refractivity contribution in [1.82, 2.24) is 19.8 Å².